The van der Waals surface area contributed by atoms with Crippen molar-refractivity contribution >= 4 is 35.0 Å². The number of halogens is 1. The molecule has 0 bridgehead atoms. The molecule has 1 fully saturated rings. The van der Waals surface area contributed by atoms with Gasteiger partial charge >= 0.3 is 0 Å². The number of rotatable bonds is 4. The number of H-pyrrole nitrogens is 1. The summed E-state index contributed by atoms with van der Waals surface area (Å²) in [5.41, 5.74) is 0.984. The van der Waals surface area contributed by atoms with Crippen LogP contribution in [0.15, 0.2) is 23.4 Å². The quantitative estimate of drug-likeness (QED) is 0.762. The van der Waals surface area contributed by atoms with Gasteiger partial charge < -0.3 is 19.9 Å². The van der Waals surface area contributed by atoms with Crippen LogP contribution in [0.2, 0.25) is 0 Å². The number of nitrogens with zero attached hydrogens (tertiary/aromatic N) is 4. The molecule has 1 saturated heterocycles. The molecule has 0 spiro atoms. The monoisotopic (exact) mass is 420 g/mol. The van der Waals surface area contributed by atoms with E-state index in [4.69, 9.17) is 4.74 Å². The van der Waals surface area contributed by atoms with Gasteiger partial charge in [-0.1, -0.05) is 0 Å². The third-order valence-corrected chi connectivity index (χ3v) is 6.30. The highest BCUT2D eigenvalue weighted by atomic mass is 32.2. The number of hydrogen-bond acceptors (Lipinski definition) is 7. The summed E-state index contributed by atoms with van der Waals surface area (Å²) in [6.45, 7) is 1.34. The Bertz CT molecular complexity index is 925. The summed E-state index contributed by atoms with van der Waals surface area (Å²) in [5.74, 6) is -0.976. The Kier molecular flexibility index (Phi) is 5.41. The molecule has 3 heterocycles. The first-order valence-corrected chi connectivity index (χ1v) is 10.1. The van der Waals surface area contributed by atoms with E-state index < -0.39 is 11.9 Å². The van der Waals surface area contributed by atoms with Gasteiger partial charge in [0.25, 0.3) is 5.91 Å². The molecule has 0 radical (unpaired) electrons. The molecule has 2 aromatic rings. The van der Waals surface area contributed by atoms with Crippen molar-refractivity contribution in [2.45, 2.75) is 23.5 Å². The highest BCUT2D eigenvalue weighted by Gasteiger charge is 2.33. The fourth-order valence-electron chi connectivity index (χ4n) is 3.53. The fourth-order valence-corrected chi connectivity index (χ4v) is 4.64. The SMILES string of the molecule is CO[C@H]1CCN(c2cc3c(cc2F)N(C)C(=O)[C@@H](NC(=O)c2nc[nH]n2)CS3)C1. The van der Waals surface area contributed by atoms with E-state index in [1.807, 2.05) is 4.90 Å². The lowest BCUT2D eigenvalue weighted by atomic mass is 10.2. The van der Waals surface area contributed by atoms with Crippen LogP contribution < -0.4 is 15.1 Å². The molecule has 0 unspecified atom stereocenters. The minimum atomic E-state index is -0.778. The largest absolute Gasteiger partial charge is 0.380 e. The fraction of sp³-hybridized carbons (Fsp3) is 0.444. The van der Waals surface area contributed by atoms with Gasteiger partial charge in [-0.3, -0.25) is 14.7 Å². The molecular weight excluding hydrogens is 399 g/mol. The van der Waals surface area contributed by atoms with Crippen molar-refractivity contribution in [2.75, 3.05) is 42.8 Å². The Balaban J connectivity index is 1.56. The standard InChI is InChI=1S/C18H21FN6O3S/c1-24-14-5-11(19)13(25-4-3-10(7-25)28-2)6-15(14)29-8-12(18(24)27)22-17(26)16-20-9-21-23-16/h5-6,9-10,12H,3-4,7-8H2,1-2H3,(H,22,26)(H,20,21,23)/t10-,12-/m0/s1. The van der Waals surface area contributed by atoms with Gasteiger partial charge in [-0.25, -0.2) is 9.37 Å². The number of aromatic nitrogens is 3. The minimum Gasteiger partial charge on any atom is -0.380 e. The van der Waals surface area contributed by atoms with Gasteiger partial charge in [0.1, 0.15) is 18.2 Å². The van der Waals surface area contributed by atoms with E-state index >= 15 is 0 Å². The number of ether oxygens (including phenoxy) is 1. The second-order valence-electron chi connectivity index (χ2n) is 6.92. The third-order valence-electron chi connectivity index (χ3n) is 5.17. The van der Waals surface area contributed by atoms with Gasteiger partial charge in [0.2, 0.25) is 11.7 Å². The second-order valence-corrected chi connectivity index (χ2v) is 7.98. The molecule has 2 amide bonds. The van der Waals surface area contributed by atoms with E-state index in [9.17, 15) is 14.0 Å². The number of fused-ring (bicyclic) bond motifs is 1. The zero-order valence-corrected chi connectivity index (χ0v) is 16.8. The lowest BCUT2D eigenvalue weighted by Crippen LogP contribution is -2.48. The van der Waals surface area contributed by atoms with Crippen molar-refractivity contribution in [1.29, 1.82) is 0 Å². The van der Waals surface area contributed by atoms with Gasteiger partial charge in [0.05, 0.1) is 17.5 Å². The third kappa shape index (κ3) is 3.79. The average molecular weight is 420 g/mol. The molecule has 2 aliphatic rings. The van der Waals surface area contributed by atoms with Crippen LogP contribution in [0.25, 0.3) is 0 Å². The Morgan fingerprint density at radius 3 is 2.93 bits per heavy atom. The first-order valence-electron chi connectivity index (χ1n) is 9.16. The molecule has 4 rings (SSSR count). The maximum Gasteiger partial charge on any atom is 0.291 e. The van der Waals surface area contributed by atoms with Gasteiger partial charge in [-0.15, -0.1) is 16.9 Å². The van der Waals surface area contributed by atoms with E-state index in [-0.39, 0.29) is 23.7 Å². The average Bonchev–Trinajstić information content (AvgIpc) is 3.40. The van der Waals surface area contributed by atoms with Gasteiger partial charge in [-0.2, -0.15) is 0 Å². The molecule has 29 heavy (non-hydrogen) atoms. The van der Waals surface area contributed by atoms with Crippen molar-refractivity contribution in [1.82, 2.24) is 20.5 Å². The Hall–Kier alpha value is -2.66. The molecule has 0 saturated carbocycles. The van der Waals surface area contributed by atoms with E-state index in [1.54, 1.807) is 20.2 Å². The molecule has 1 aromatic carbocycles. The second kappa shape index (κ2) is 7.99. The van der Waals surface area contributed by atoms with Gasteiger partial charge in [0.15, 0.2) is 0 Å². The van der Waals surface area contributed by atoms with Crippen molar-refractivity contribution in [2.24, 2.45) is 0 Å². The van der Waals surface area contributed by atoms with Crippen LogP contribution in [0.5, 0.6) is 0 Å². The molecule has 2 atom stereocenters. The van der Waals surface area contributed by atoms with E-state index in [0.29, 0.717) is 30.2 Å². The number of anilines is 2. The zero-order valence-electron chi connectivity index (χ0n) is 16.0. The summed E-state index contributed by atoms with van der Waals surface area (Å²) in [7, 11) is 3.24. The number of aromatic amines is 1. The number of methoxy groups -OCH3 is 1. The number of carbonyl (C=O) groups is 2. The van der Waals surface area contributed by atoms with Crippen LogP contribution in [0.1, 0.15) is 17.0 Å². The highest BCUT2D eigenvalue weighted by molar-refractivity contribution is 7.99. The summed E-state index contributed by atoms with van der Waals surface area (Å²) >= 11 is 1.40. The van der Waals surface area contributed by atoms with Crippen LogP contribution in [0.3, 0.4) is 0 Å². The number of thioether (sulfide) groups is 1. The lowest BCUT2D eigenvalue weighted by Gasteiger charge is -2.24. The van der Waals surface area contributed by atoms with Crippen LogP contribution in [-0.4, -0.2) is 72.1 Å². The Labute approximate surface area is 171 Å². The summed E-state index contributed by atoms with van der Waals surface area (Å²) in [6, 6.07) is 2.38. The lowest BCUT2D eigenvalue weighted by molar-refractivity contribution is -0.119. The van der Waals surface area contributed by atoms with Crippen LogP contribution in [0.4, 0.5) is 15.8 Å². The molecule has 154 valence electrons. The zero-order chi connectivity index (χ0) is 20.5. The van der Waals surface area contributed by atoms with Gasteiger partial charge in [0, 0.05) is 44.0 Å². The normalized spacial score (nSPS) is 21.8. The van der Waals surface area contributed by atoms with Crippen LogP contribution in [0, 0.1) is 5.82 Å². The first kappa shape index (κ1) is 19.6. The van der Waals surface area contributed by atoms with E-state index in [0.717, 1.165) is 11.3 Å². The maximum absolute atomic E-state index is 14.9. The predicted octanol–water partition coefficient (Wildman–Crippen LogP) is 1.04. The maximum atomic E-state index is 14.9. The Morgan fingerprint density at radius 1 is 1.41 bits per heavy atom. The predicted molar refractivity (Wildman–Crippen MR) is 106 cm³/mol. The van der Waals surface area contributed by atoms with Crippen molar-refractivity contribution in [3.8, 4) is 0 Å². The highest BCUT2D eigenvalue weighted by Crippen LogP contribution is 2.39. The van der Waals surface area contributed by atoms with Gasteiger partial charge in [-0.05, 0) is 12.5 Å². The van der Waals surface area contributed by atoms with Crippen molar-refractivity contribution < 1.29 is 18.7 Å². The van der Waals surface area contributed by atoms with Crippen molar-refractivity contribution in [3.63, 3.8) is 0 Å². The van der Waals surface area contributed by atoms with Crippen molar-refractivity contribution in [3.05, 3.63) is 30.1 Å². The molecule has 11 heteroatoms. The summed E-state index contributed by atoms with van der Waals surface area (Å²) in [4.78, 5) is 33.0. The number of nitrogens with one attached hydrogen (secondary N) is 2. The number of benzene rings is 1. The number of amides is 2. The molecule has 2 aliphatic heterocycles. The minimum absolute atomic E-state index is 0.0396. The molecule has 0 aliphatic carbocycles. The number of hydrogen-bond donors (Lipinski definition) is 2. The summed E-state index contributed by atoms with van der Waals surface area (Å²) in [5, 5.41) is 8.84. The molecule has 2 N–H and O–H groups in total. The topological polar surface area (TPSA) is 103 Å². The summed E-state index contributed by atoms with van der Waals surface area (Å²) < 4.78 is 20.2. The van der Waals surface area contributed by atoms with E-state index in [1.165, 1.54) is 29.1 Å². The first-order chi connectivity index (χ1) is 14.0. The molecule has 9 nitrogen and oxygen atoms in total. The van der Waals surface area contributed by atoms with Crippen LogP contribution in [-0.2, 0) is 9.53 Å². The molecule has 1 aromatic heterocycles. The number of likely N-dealkylation sites (N-methyl/N-ethyl adjacent to an activating group) is 1. The van der Waals surface area contributed by atoms with E-state index in [2.05, 4.69) is 20.5 Å². The Morgan fingerprint density at radius 2 is 2.24 bits per heavy atom. The number of carbonyl (C=O) groups excluding carboxylic acids is 2. The molecular formula is C18H21FN6O3S. The van der Waals surface area contributed by atoms with Crippen LogP contribution >= 0.6 is 11.8 Å². The summed E-state index contributed by atoms with van der Waals surface area (Å²) in [6.07, 6.45) is 2.21. The smallest absolute Gasteiger partial charge is 0.291 e.